The van der Waals surface area contributed by atoms with Gasteiger partial charge in [-0.25, -0.2) is 9.37 Å². The Morgan fingerprint density at radius 3 is 2.57 bits per heavy atom. The summed E-state index contributed by atoms with van der Waals surface area (Å²) in [5.41, 5.74) is 3.82. The molecule has 0 aliphatic rings. The Morgan fingerprint density at radius 1 is 1.04 bits per heavy atom. The Balaban J connectivity index is 1.63. The number of hydrogen-bond donors (Lipinski definition) is 2. The maximum atomic E-state index is 13.2. The Labute approximate surface area is 162 Å². The number of fused-ring (bicyclic) bond motifs is 1. The van der Waals surface area contributed by atoms with E-state index in [9.17, 15) is 9.50 Å². The van der Waals surface area contributed by atoms with Crippen LogP contribution < -0.4 is 10.1 Å². The average molecular weight is 377 g/mol. The zero-order chi connectivity index (χ0) is 19.5. The number of phenols is 1. The van der Waals surface area contributed by atoms with Gasteiger partial charge in [-0.2, -0.15) is 0 Å². The Bertz CT molecular complexity index is 1110. The summed E-state index contributed by atoms with van der Waals surface area (Å²) in [7, 11) is 1.52. The van der Waals surface area contributed by atoms with Gasteiger partial charge in [0.05, 0.1) is 24.7 Å². The summed E-state index contributed by atoms with van der Waals surface area (Å²) in [6.07, 6.45) is 0. The van der Waals surface area contributed by atoms with E-state index < -0.39 is 0 Å². The number of benzene rings is 3. The number of hydrogen-bond acceptors (Lipinski definition) is 4. The van der Waals surface area contributed by atoms with Gasteiger partial charge in [0, 0.05) is 6.54 Å². The summed E-state index contributed by atoms with van der Waals surface area (Å²) in [5.74, 6) is 1.00. The van der Waals surface area contributed by atoms with Crippen molar-refractivity contribution in [2.75, 3.05) is 12.4 Å². The smallest absolute Gasteiger partial charge is 0.204 e. The number of nitrogens with zero attached hydrogens (tertiary/aromatic N) is 2. The maximum absolute atomic E-state index is 13.2. The number of imidazole rings is 1. The molecular weight excluding hydrogens is 357 g/mol. The van der Waals surface area contributed by atoms with Gasteiger partial charge in [-0.3, -0.25) is 0 Å². The second-order valence-electron chi connectivity index (χ2n) is 6.50. The van der Waals surface area contributed by atoms with Gasteiger partial charge in [0.1, 0.15) is 5.82 Å². The highest BCUT2D eigenvalue weighted by Crippen LogP contribution is 2.27. The molecule has 4 aromatic rings. The van der Waals surface area contributed by atoms with E-state index in [1.807, 2.05) is 30.3 Å². The third-order valence-electron chi connectivity index (χ3n) is 4.60. The lowest BCUT2D eigenvalue weighted by Crippen LogP contribution is -2.08. The number of halogens is 1. The summed E-state index contributed by atoms with van der Waals surface area (Å²) in [4.78, 5) is 4.70. The van der Waals surface area contributed by atoms with Gasteiger partial charge < -0.3 is 19.7 Å². The van der Waals surface area contributed by atoms with Crippen molar-refractivity contribution >= 4 is 17.0 Å². The zero-order valence-electron chi connectivity index (χ0n) is 15.4. The van der Waals surface area contributed by atoms with Crippen molar-refractivity contribution in [3.8, 4) is 11.5 Å². The summed E-state index contributed by atoms with van der Waals surface area (Å²) in [5, 5.41) is 13.1. The minimum absolute atomic E-state index is 0.106. The van der Waals surface area contributed by atoms with Crippen molar-refractivity contribution < 1.29 is 14.2 Å². The van der Waals surface area contributed by atoms with Crippen LogP contribution in [0.2, 0.25) is 0 Å². The molecule has 1 heterocycles. The topological polar surface area (TPSA) is 59.3 Å². The summed E-state index contributed by atoms with van der Waals surface area (Å²) in [6.45, 7) is 1.09. The first-order valence-electron chi connectivity index (χ1n) is 8.93. The molecule has 142 valence electrons. The van der Waals surface area contributed by atoms with Crippen molar-refractivity contribution in [3.63, 3.8) is 0 Å². The van der Waals surface area contributed by atoms with Crippen LogP contribution in [0.3, 0.4) is 0 Å². The SMILES string of the molecule is COc1cc(CNc2nc3ccccc3n2Cc2ccc(F)cc2)ccc1O. The highest BCUT2D eigenvalue weighted by molar-refractivity contribution is 5.78. The minimum Gasteiger partial charge on any atom is -0.504 e. The van der Waals surface area contributed by atoms with Crippen molar-refractivity contribution in [1.29, 1.82) is 0 Å². The van der Waals surface area contributed by atoms with E-state index in [1.165, 1.54) is 19.2 Å². The van der Waals surface area contributed by atoms with Crippen LogP contribution in [0.15, 0.2) is 66.7 Å². The Kier molecular flexibility index (Phi) is 4.85. The van der Waals surface area contributed by atoms with Crippen LogP contribution in [0.5, 0.6) is 11.5 Å². The molecule has 1 aromatic heterocycles. The number of para-hydroxylation sites is 2. The summed E-state index contributed by atoms with van der Waals surface area (Å²) < 4.78 is 20.5. The van der Waals surface area contributed by atoms with Crippen LogP contribution in [0, 0.1) is 5.82 Å². The molecule has 0 amide bonds. The molecule has 0 aliphatic heterocycles. The van der Waals surface area contributed by atoms with E-state index in [4.69, 9.17) is 9.72 Å². The summed E-state index contributed by atoms with van der Waals surface area (Å²) in [6, 6.07) is 19.6. The van der Waals surface area contributed by atoms with Crippen LogP contribution in [-0.4, -0.2) is 21.8 Å². The molecule has 0 spiro atoms. The standard InChI is InChI=1S/C22H20FN3O2/c1-28-21-12-16(8-11-20(21)27)13-24-22-25-18-4-2-3-5-19(18)26(22)14-15-6-9-17(23)10-7-15/h2-12,27H,13-14H2,1H3,(H,24,25). The van der Waals surface area contributed by atoms with Crippen LogP contribution in [-0.2, 0) is 13.1 Å². The Hall–Kier alpha value is -3.54. The molecule has 5 nitrogen and oxygen atoms in total. The lowest BCUT2D eigenvalue weighted by Gasteiger charge is -2.12. The maximum Gasteiger partial charge on any atom is 0.204 e. The van der Waals surface area contributed by atoms with Gasteiger partial charge in [0.25, 0.3) is 0 Å². The molecule has 6 heteroatoms. The molecule has 4 rings (SSSR count). The van der Waals surface area contributed by atoms with E-state index >= 15 is 0 Å². The number of ether oxygens (including phenoxy) is 1. The Morgan fingerprint density at radius 2 is 1.79 bits per heavy atom. The molecule has 0 atom stereocenters. The zero-order valence-corrected chi connectivity index (χ0v) is 15.4. The number of anilines is 1. The first kappa shape index (κ1) is 17.9. The van der Waals surface area contributed by atoms with Crippen LogP contribution in [0.4, 0.5) is 10.3 Å². The van der Waals surface area contributed by atoms with E-state index in [-0.39, 0.29) is 11.6 Å². The first-order chi connectivity index (χ1) is 13.6. The lowest BCUT2D eigenvalue weighted by molar-refractivity contribution is 0.373. The molecule has 0 unspecified atom stereocenters. The van der Waals surface area contributed by atoms with Crippen molar-refractivity contribution in [1.82, 2.24) is 9.55 Å². The van der Waals surface area contributed by atoms with Crippen LogP contribution in [0.1, 0.15) is 11.1 Å². The van der Waals surface area contributed by atoms with Gasteiger partial charge >= 0.3 is 0 Å². The third-order valence-corrected chi connectivity index (χ3v) is 4.60. The van der Waals surface area contributed by atoms with Crippen molar-refractivity contribution in [2.24, 2.45) is 0 Å². The molecule has 3 aromatic carbocycles. The van der Waals surface area contributed by atoms with Crippen molar-refractivity contribution in [2.45, 2.75) is 13.1 Å². The molecule has 0 radical (unpaired) electrons. The number of nitrogens with one attached hydrogen (secondary N) is 1. The quantitative estimate of drug-likeness (QED) is 0.518. The second-order valence-corrected chi connectivity index (χ2v) is 6.50. The van der Waals surface area contributed by atoms with Gasteiger partial charge in [0.15, 0.2) is 11.5 Å². The fourth-order valence-electron chi connectivity index (χ4n) is 3.16. The molecule has 0 fully saturated rings. The van der Waals surface area contributed by atoms with Gasteiger partial charge in [-0.1, -0.05) is 30.3 Å². The van der Waals surface area contributed by atoms with E-state index in [2.05, 4.69) is 9.88 Å². The molecule has 28 heavy (non-hydrogen) atoms. The number of aromatic hydroxyl groups is 1. The number of phenolic OH excluding ortho intramolecular Hbond substituents is 1. The van der Waals surface area contributed by atoms with Gasteiger partial charge in [-0.05, 0) is 47.5 Å². The monoisotopic (exact) mass is 377 g/mol. The van der Waals surface area contributed by atoms with Crippen molar-refractivity contribution in [3.05, 3.63) is 83.7 Å². The second kappa shape index (κ2) is 7.60. The largest absolute Gasteiger partial charge is 0.504 e. The van der Waals surface area contributed by atoms with Gasteiger partial charge in [0.2, 0.25) is 5.95 Å². The van der Waals surface area contributed by atoms with Gasteiger partial charge in [-0.15, -0.1) is 0 Å². The van der Waals surface area contributed by atoms with Crippen LogP contribution >= 0.6 is 0 Å². The number of rotatable bonds is 6. The normalized spacial score (nSPS) is 10.9. The predicted molar refractivity (Wildman–Crippen MR) is 107 cm³/mol. The predicted octanol–water partition coefficient (Wildman–Crippen LogP) is 4.55. The minimum atomic E-state index is -0.251. The highest BCUT2D eigenvalue weighted by atomic mass is 19.1. The molecule has 0 saturated carbocycles. The highest BCUT2D eigenvalue weighted by Gasteiger charge is 2.11. The molecule has 0 aliphatic carbocycles. The average Bonchev–Trinajstić information content (AvgIpc) is 3.06. The molecule has 0 saturated heterocycles. The number of aromatic nitrogens is 2. The van der Waals surface area contributed by atoms with Crippen LogP contribution in [0.25, 0.3) is 11.0 Å². The molecule has 0 bridgehead atoms. The molecular formula is C22H20FN3O2. The molecule has 2 N–H and O–H groups in total. The van der Waals surface area contributed by atoms with E-state index in [0.717, 1.165) is 28.1 Å². The first-order valence-corrected chi connectivity index (χ1v) is 8.93. The lowest BCUT2D eigenvalue weighted by atomic mass is 10.2. The van der Waals surface area contributed by atoms with E-state index in [1.54, 1.807) is 24.3 Å². The van der Waals surface area contributed by atoms with E-state index in [0.29, 0.717) is 18.8 Å². The fraction of sp³-hybridized carbons (Fsp3) is 0.136. The third kappa shape index (κ3) is 3.62. The fourth-order valence-corrected chi connectivity index (χ4v) is 3.16. The summed E-state index contributed by atoms with van der Waals surface area (Å²) >= 11 is 0. The number of methoxy groups -OCH3 is 1.